The van der Waals surface area contributed by atoms with Crippen LogP contribution in [0.3, 0.4) is 0 Å². The van der Waals surface area contributed by atoms with Crippen LogP contribution in [0.4, 0.5) is 0 Å². The van der Waals surface area contributed by atoms with Gasteiger partial charge < -0.3 is 11.0 Å². The van der Waals surface area contributed by atoms with Gasteiger partial charge in [0.05, 0.1) is 0 Å². The molecule has 0 aromatic rings. The first-order valence-electron chi connectivity index (χ1n) is 3.27. The predicted octanol–water partition coefficient (Wildman–Crippen LogP) is 0.123. The summed E-state index contributed by atoms with van der Waals surface area (Å²) in [5.74, 6) is -1.58. The van der Waals surface area contributed by atoms with Crippen molar-refractivity contribution in [2.75, 3.05) is 0 Å². The Morgan fingerprint density at radius 3 is 1.46 bits per heavy atom. The van der Waals surface area contributed by atoms with Crippen molar-refractivity contribution in [3.05, 3.63) is 0 Å². The fourth-order valence-electron chi connectivity index (χ4n) is 0.516. The Labute approximate surface area is 82.0 Å². The van der Waals surface area contributed by atoms with E-state index in [1.807, 2.05) is 0 Å². The fourth-order valence-corrected chi connectivity index (χ4v) is 2.68. The molecule has 76 valence electrons. The predicted molar refractivity (Wildman–Crippen MR) is 43.7 cm³/mol. The number of hydrogen-bond acceptors (Lipinski definition) is 4. The van der Waals surface area contributed by atoms with Crippen LogP contribution in [0, 0.1) is 0 Å². The SMILES string of the molecule is O=C(O)C[CH2][Ge+2][CH2]CC(=O)O.[OH-].[OH-]. The fraction of sp³-hybridized carbons (Fsp3) is 0.667. The number of carboxylic acid groups (broad SMARTS) is 2. The van der Waals surface area contributed by atoms with E-state index in [0.29, 0.717) is 10.5 Å². The quantitative estimate of drug-likeness (QED) is 0.509. The standard InChI is InChI=1S/C6H10GeO4.2H2O/c8-5(9)1-3-7-4-2-6(10)11;;/h1-4H2,(H,8,9)(H,10,11);2*1H2/q+2;;/p-2. The van der Waals surface area contributed by atoms with Gasteiger partial charge in [0.1, 0.15) is 0 Å². The van der Waals surface area contributed by atoms with Crippen LogP contribution in [0.25, 0.3) is 0 Å². The van der Waals surface area contributed by atoms with Crippen LogP contribution in [0.15, 0.2) is 0 Å². The van der Waals surface area contributed by atoms with Crippen molar-refractivity contribution < 1.29 is 30.8 Å². The summed E-state index contributed by atoms with van der Waals surface area (Å²) < 4.78 is 0. The van der Waals surface area contributed by atoms with Gasteiger partial charge in [0.25, 0.3) is 0 Å². The van der Waals surface area contributed by atoms with Gasteiger partial charge in [0, 0.05) is 0 Å². The summed E-state index contributed by atoms with van der Waals surface area (Å²) in [6.45, 7) is 0. The Hall–Kier alpha value is -0.597. The molecule has 4 N–H and O–H groups in total. The van der Waals surface area contributed by atoms with E-state index in [4.69, 9.17) is 10.2 Å². The van der Waals surface area contributed by atoms with Crippen LogP contribution in [0.1, 0.15) is 12.8 Å². The minimum absolute atomic E-state index is 0. The van der Waals surface area contributed by atoms with E-state index in [1.165, 1.54) is 0 Å². The number of hydrogen-bond donors (Lipinski definition) is 2. The third-order valence-corrected chi connectivity index (χ3v) is 3.56. The molecule has 0 aromatic heterocycles. The van der Waals surface area contributed by atoms with Crippen molar-refractivity contribution in [1.29, 1.82) is 0 Å². The van der Waals surface area contributed by atoms with Crippen LogP contribution in [0.2, 0.25) is 10.5 Å². The summed E-state index contributed by atoms with van der Waals surface area (Å²) in [6.07, 6.45) is 0.388. The van der Waals surface area contributed by atoms with E-state index in [0.717, 1.165) is 0 Å². The minimum atomic E-state index is -0.788. The first-order chi connectivity index (χ1) is 5.13. The molecule has 0 radical (unpaired) electrons. The summed E-state index contributed by atoms with van der Waals surface area (Å²) in [5.41, 5.74) is 0. The van der Waals surface area contributed by atoms with E-state index in [-0.39, 0.29) is 39.2 Å². The number of carboxylic acids is 2. The number of aliphatic carboxylic acids is 2. The Morgan fingerprint density at radius 2 is 1.23 bits per heavy atom. The molecule has 7 heteroatoms. The molecule has 0 spiro atoms. The van der Waals surface area contributed by atoms with E-state index in [9.17, 15) is 9.59 Å². The maximum atomic E-state index is 10.0. The van der Waals surface area contributed by atoms with E-state index < -0.39 is 11.9 Å². The maximum Gasteiger partial charge on any atom is -0.870 e. The molecular weight excluding hydrogens is 241 g/mol. The normalized spacial score (nSPS) is 7.38. The average Bonchev–Trinajstić information content (AvgIpc) is 1.85. The van der Waals surface area contributed by atoms with Crippen molar-refractivity contribution in [3.63, 3.8) is 0 Å². The number of rotatable bonds is 6. The minimum Gasteiger partial charge on any atom is -0.870 e. The van der Waals surface area contributed by atoms with Gasteiger partial charge in [-0.3, -0.25) is 0 Å². The van der Waals surface area contributed by atoms with Gasteiger partial charge in [-0.2, -0.15) is 0 Å². The first kappa shape index (κ1) is 18.2. The Bertz CT molecular complexity index is 132. The molecule has 0 saturated carbocycles. The topological polar surface area (TPSA) is 135 Å². The molecule has 0 aromatic carbocycles. The second-order valence-electron chi connectivity index (χ2n) is 2.04. The maximum absolute atomic E-state index is 10.0. The smallest absolute Gasteiger partial charge is 0.870 e. The molecular formula is C6H12GeO6. The zero-order valence-corrected chi connectivity index (χ0v) is 9.03. The summed E-state index contributed by atoms with van der Waals surface area (Å²) in [6, 6.07) is 0. The van der Waals surface area contributed by atoms with E-state index >= 15 is 0 Å². The van der Waals surface area contributed by atoms with E-state index in [2.05, 4.69) is 0 Å². The zero-order chi connectivity index (χ0) is 8.69. The van der Waals surface area contributed by atoms with Gasteiger partial charge in [-0.15, -0.1) is 0 Å². The molecule has 0 amide bonds. The van der Waals surface area contributed by atoms with E-state index in [1.54, 1.807) is 0 Å². The molecule has 0 fully saturated rings. The van der Waals surface area contributed by atoms with Gasteiger partial charge in [0.2, 0.25) is 0 Å². The molecule has 6 nitrogen and oxygen atoms in total. The summed E-state index contributed by atoms with van der Waals surface area (Å²) >= 11 is -0.324. The summed E-state index contributed by atoms with van der Waals surface area (Å²) in [5, 5.41) is 17.8. The Morgan fingerprint density at radius 1 is 0.923 bits per heavy atom. The number of carbonyl (C=O) groups is 2. The van der Waals surface area contributed by atoms with Crippen LogP contribution in [-0.4, -0.2) is 48.5 Å². The van der Waals surface area contributed by atoms with Crippen molar-refractivity contribution in [2.24, 2.45) is 0 Å². The Balaban J connectivity index is -0.000000500. The van der Waals surface area contributed by atoms with Crippen molar-refractivity contribution >= 4 is 27.4 Å². The van der Waals surface area contributed by atoms with Crippen molar-refractivity contribution in [2.45, 2.75) is 23.3 Å². The second-order valence-corrected chi connectivity index (χ2v) is 5.18. The molecule has 0 unspecified atom stereocenters. The van der Waals surface area contributed by atoms with Crippen LogP contribution in [0.5, 0.6) is 0 Å². The van der Waals surface area contributed by atoms with Gasteiger partial charge in [-0.05, 0) is 0 Å². The van der Waals surface area contributed by atoms with Crippen molar-refractivity contribution in [1.82, 2.24) is 0 Å². The third kappa shape index (κ3) is 18.4. The van der Waals surface area contributed by atoms with Crippen molar-refractivity contribution in [3.8, 4) is 0 Å². The largest absolute Gasteiger partial charge is 0.870 e. The molecule has 0 atom stereocenters. The first-order valence-corrected chi connectivity index (χ1v) is 6.24. The molecule has 0 rings (SSSR count). The average molecular weight is 253 g/mol. The molecule has 0 bridgehead atoms. The molecule has 0 heterocycles. The summed E-state index contributed by atoms with van der Waals surface area (Å²) in [4.78, 5) is 20.0. The Kier molecular flexibility index (Phi) is 16.0. The van der Waals surface area contributed by atoms with Gasteiger partial charge in [-0.1, -0.05) is 0 Å². The zero-order valence-electron chi connectivity index (χ0n) is 6.93. The van der Waals surface area contributed by atoms with Gasteiger partial charge in [0.15, 0.2) is 0 Å². The van der Waals surface area contributed by atoms with Gasteiger partial charge >= 0.3 is 70.5 Å². The molecule has 0 aliphatic carbocycles. The van der Waals surface area contributed by atoms with Gasteiger partial charge in [-0.25, -0.2) is 0 Å². The monoisotopic (exact) mass is 254 g/mol. The molecule has 13 heavy (non-hydrogen) atoms. The summed E-state index contributed by atoms with van der Waals surface area (Å²) in [7, 11) is 0. The van der Waals surface area contributed by atoms with Crippen LogP contribution >= 0.6 is 0 Å². The third-order valence-electron chi connectivity index (χ3n) is 1.03. The molecule has 0 aliphatic rings. The molecule has 0 aliphatic heterocycles. The molecule has 0 saturated heterocycles. The van der Waals surface area contributed by atoms with Crippen LogP contribution < -0.4 is 0 Å². The van der Waals surface area contributed by atoms with Crippen LogP contribution in [-0.2, 0) is 9.59 Å². The second kappa shape index (κ2) is 11.4.